The van der Waals surface area contributed by atoms with Gasteiger partial charge in [0, 0.05) is 21.8 Å². The maximum Gasteiger partial charge on any atom is 0.142 e. The zero-order valence-corrected chi connectivity index (χ0v) is 10.2. The highest BCUT2D eigenvalue weighted by molar-refractivity contribution is 6.42. The smallest absolute Gasteiger partial charge is 0.142 e. The number of nitrogens with one attached hydrogen (secondary N) is 1. The van der Waals surface area contributed by atoms with Crippen LogP contribution in [0.5, 0.6) is 0 Å². The molecule has 0 radical (unpaired) electrons. The summed E-state index contributed by atoms with van der Waals surface area (Å²) in [5, 5.41) is 5.30. The largest absolute Gasteiger partial charge is 0.355 e. The molecular weight excluding hydrogens is 217 g/mol. The first-order valence-corrected chi connectivity index (χ1v) is 6.23. The summed E-state index contributed by atoms with van der Waals surface area (Å²) in [6, 6.07) is 19.4. The van der Waals surface area contributed by atoms with Crippen molar-refractivity contribution in [2.45, 2.75) is 0 Å². The normalized spacial score (nSPS) is 11.6. The van der Waals surface area contributed by atoms with Crippen LogP contribution in [0.15, 0.2) is 54.6 Å². The molecule has 0 saturated heterocycles. The summed E-state index contributed by atoms with van der Waals surface area (Å²) in [6.07, 6.45) is 0. The molecular formula is C16H12BN. The third-order valence-corrected chi connectivity index (χ3v) is 3.70. The Kier molecular flexibility index (Phi) is 1.84. The lowest BCUT2D eigenvalue weighted by Crippen LogP contribution is -2.03. The Bertz CT molecular complexity index is 889. The molecule has 2 heteroatoms. The van der Waals surface area contributed by atoms with Crippen LogP contribution >= 0.6 is 0 Å². The quantitative estimate of drug-likeness (QED) is 0.446. The highest BCUT2D eigenvalue weighted by Gasteiger charge is 2.09. The molecule has 0 atom stereocenters. The van der Waals surface area contributed by atoms with Crippen molar-refractivity contribution in [2.24, 2.45) is 0 Å². The number of rotatable bonds is 0. The van der Waals surface area contributed by atoms with Gasteiger partial charge in [-0.1, -0.05) is 54.0 Å². The SMILES string of the molecule is Bc1cc2ccccc2c2c1[nH]c1ccccc12. The molecule has 0 bridgehead atoms. The highest BCUT2D eigenvalue weighted by atomic mass is 14.7. The van der Waals surface area contributed by atoms with Gasteiger partial charge in [-0.25, -0.2) is 0 Å². The van der Waals surface area contributed by atoms with Crippen LogP contribution in [0.1, 0.15) is 0 Å². The molecule has 3 aromatic carbocycles. The zero-order valence-electron chi connectivity index (χ0n) is 10.2. The number of aromatic nitrogens is 1. The van der Waals surface area contributed by atoms with Gasteiger partial charge in [0.05, 0.1) is 0 Å². The Balaban J connectivity index is 2.41. The molecule has 0 unspecified atom stereocenters. The number of hydrogen-bond donors (Lipinski definition) is 1. The Morgan fingerprint density at radius 1 is 0.833 bits per heavy atom. The maximum atomic E-state index is 3.54. The lowest BCUT2D eigenvalue weighted by Gasteiger charge is -2.03. The summed E-state index contributed by atoms with van der Waals surface area (Å²) >= 11 is 0. The van der Waals surface area contributed by atoms with E-state index in [1.807, 2.05) is 0 Å². The minimum atomic E-state index is 1.21. The van der Waals surface area contributed by atoms with Crippen LogP contribution in [0, 0.1) is 0 Å². The molecule has 0 aliphatic carbocycles. The van der Waals surface area contributed by atoms with Gasteiger partial charge in [0.1, 0.15) is 7.85 Å². The van der Waals surface area contributed by atoms with Crippen LogP contribution in [0.4, 0.5) is 0 Å². The minimum Gasteiger partial charge on any atom is -0.355 e. The lowest BCUT2D eigenvalue weighted by molar-refractivity contribution is 1.56. The van der Waals surface area contributed by atoms with Gasteiger partial charge in [0.2, 0.25) is 0 Å². The van der Waals surface area contributed by atoms with E-state index < -0.39 is 0 Å². The Labute approximate surface area is 106 Å². The fourth-order valence-electron chi connectivity index (χ4n) is 2.87. The van der Waals surface area contributed by atoms with E-state index in [1.54, 1.807) is 0 Å². The molecule has 18 heavy (non-hydrogen) atoms. The van der Waals surface area contributed by atoms with E-state index >= 15 is 0 Å². The topological polar surface area (TPSA) is 15.8 Å². The summed E-state index contributed by atoms with van der Waals surface area (Å²) in [7, 11) is 2.17. The molecule has 1 heterocycles. The molecule has 0 saturated carbocycles. The first kappa shape index (κ1) is 9.78. The second-order valence-corrected chi connectivity index (χ2v) is 4.84. The van der Waals surface area contributed by atoms with E-state index in [2.05, 4.69) is 67.4 Å². The van der Waals surface area contributed by atoms with Crippen molar-refractivity contribution >= 4 is 45.9 Å². The van der Waals surface area contributed by atoms with Gasteiger partial charge in [0.15, 0.2) is 0 Å². The van der Waals surface area contributed by atoms with E-state index in [0.29, 0.717) is 0 Å². The average molecular weight is 229 g/mol. The van der Waals surface area contributed by atoms with Crippen molar-refractivity contribution < 1.29 is 0 Å². The predicted molar refractivity (Wildman–Crippen MR) is 81.5 cm³/mol. The first-order valence-electron chi connectivity index (χ1n) is 6.23. The van der Waals surface area contributed by atoms with Crippen molar-refractivity contribution in [3.05, 3.63) is 54.6 Å². The van der Waals surface area contributed by atoms with Gasteiger partial charge in [-0.15, -0.1) is 0 Å². The monoisotopic (exact) mass is 229 g/mol. The molecule has 0 amide bonds. The number of aromatic amines is 1. The fraction of sp³-hybridized carbons (Fsp3) is 0. The minimum absolute atomic E-state index is 1.21. The third kappa shape index (κ3) is 1.18. The summed E-state index contributed by atoms with van der Waals surface area (Å²) in [6.45, 7) is 0. The Hall–Kier alpha value is -2.22. The van der Waals surface area contributed by atoms with Crippen LogP contribution in [-0.2, 0) is 0 Å². The van der Waals surface area contributed by atoms with Crippen molar-refractivity contribution in [3.63, 3.8) is 0 Å². The number of benzene rings is 3. The van der Waals surface area contributed by atoms with Crippen molar-refractivity contribution in [1.29, 1.82) is 0 Å². The second-order valence-electron chi connectivity index (χ2n) is 4.84. The highest BCUT2D eigenvalue weighted by Crippen LogP contribution is 2.30. The number of para-hydroxylation sites is 1. The maximum absolute atomic E-state index is 3.54. The van der Waals surface area contributed by atoms with E-state index in [-0.39, 0.29) is 0 Å². The first-order chi connectivity index (χ1) is 8.84. The zero-order chi connectivity index (χ0) is 12.1. The van der Waals surface area contributed by atoms with E-state index in [0.717, 1.165) is 0 Å². The Morgan fingerprint density at radius 2 is 1.56 bits per heavy atom. The average Bonchev–Trinajstić information content (AvgIpc) is 2.79. The predicted octanol–water partition coefficient (Wildman–Crippen LogP) is 2.73. The van der Waals surface area contributed by atoms with Gasteiger partial charge in [-0.05, 0) is 16.8 Å². The lowest BCUT2D eigenvalue weighted by atomic mass is 9.90. The van der Waals surface area contributed by atoms with Crippen LogP contribution < -0.4 is 5.46 Å². The Morgan fingerprint density at radius 3 is 2.44 bits per heavy atom. The van der Waals surface area contributed by atoms with Crippen molar-refractivity contribution in [3.8, 4) is 0 Å². The number of H-pyrrole nitrogens is 1. The molecule has 0 aliphatic rings. The van der Waals surface area contributed by atoms with Crippen LogP contribution in [0.25, 0.3) is 32.6 Å². The van der Waals surface area contributed by atoms with E-state index in [9.17, 15) is 0 Å². The van der Waals surface area contributed by atoms with Crippen LogP contribution in [0.2, 0.25) is 0 Å². The third-order valence-electron chi connectivity index (χ3n) is 3.70. The fourth-order valence-corrected chi connectivity index (χ4v) is 2.87. The number of hydrogen-bond acceptors (Lipinski definition) is 0. The molecule has 0 spiro atoms. The summed E-state index contributed by atoms with van der Waals surface area (Å²) < 4.78 is 0. The molecule has 1 N–H and O–H groups in total. The molecule has 1 nitrogen and oxygen atoms in total. The van der Waals surface area contributed by atoms with Crippen LogP contribution in [0.3, 0.4) is 0 Å². The van der Waals surface area contributed by atoms with Gasteiger partial charge in [-0.3, -0.25) is 0 Å². The van der Waals surface area contributed by atoms with Gasteiger partial charge >= 0.3 is 0 Å². The molecule has 4 aromatic rings. The summed E-state index contributed by atoms with van der Waals surface area (Å²) in [5.74, 6) is 0. The van der Waals surface area contributed by atoms with E-state index in [1.165, 1.54) is 38.0 Å². The number of fused-ring (bicyclic) bond motifs is 5. The molecule has 1 aromatic heterocycles. The molecule has 84 valence electrons. The summed E-state index contributed by atoms with van der Waals surface area (Å²) in [5.41, 5.74) is 3.78. The van der Waals surface area contributed by atoms with Gasteiger partial charge in [0.25, 0.3) is 0 Å². The summed E-state index contributed by atoms with van der Waals surface area (Å²) in [4.78, 5) is 3.54. The van der Waals surface area contributed by atoms with Gasteiger partial charge in [-0.2, -0.15) is 0 Å². The van der Waals surface area contributed by atoms with Crippen molar-refractivity contribution in [2.75, 3.05) is 0 Å². The second kappa shape index (κ2) is 3.39. The molecule has 0 aliphatic heterocycles. The van der Waals surface area contributed by atoms with Crippen LogP contribution in [-0.4, -0.2) is 12.8 Å². The standard InChI is InChI=1S/C16H12BN/c17-13-9-10-5-1-2-6-11(10)15-12-7-3-4-8-14(12)18-16(13)15/h1-9,18H,17H2. The molecule has 4 rings (SSSR count). The molecule has 0 fully saturated rings. The van der Waals surface area contributed by atoms with Crippen molar-refractivity contribution in [1.82, 2.24) is 4.98 Å². The van der Waals surface area contributed by atoms with Gasteiger partial charge < -0.3 is 4.98 Å². The van der Waals surface area contributed by atoms with E-state index in [4.69, 9.17) is 0 Å².